The molecule has 0 aliphatic heterocycles. The van der Waals surface area contributed by atoms with Crippen LogP contribution >= 0.6 is 11.3 Å². The summed E-state index contributed by atoms with van der Waals surface area (Å²) in [6.45, 7) is 4.75. The highest BCUT2D eigenvalue weighted by Gasteiger charge is 2.39. The molecule has 8 rings (SSSR count). The third kappa shape index (κ3) is 2.41. The number of thiazole rings is 1. The maximum atomic E-state index is 5.10. The van der Waals surface area contributed by atoms with Crippen molar-refractivity contribution in [2.75, 3.05) is 0 Å². The van der Waals surface area contributed by atoms with Crippen LogP contribution in [0, 0.1) is 0 Å². The molecule has 0 amide bonds. The van der Waals surface area contributed by atoms with Gasteiger partial charge in [0, 0.05) is 21.8 Å². The van der Waals surface area contributed by atoms with Gasteiger partial charge in [0.1, 0.15) is 0 Å². The lowest BCUT2D eigenvalue weighted by molar-refractivity contribution is 0.666. The van der Waals surface area contributed by atoms with E-state index in [0.717, 1.165) is 10.6 Å². The Morgan fingerprint density at radius 3 is 2.37 bits per heavy atom. The smallest absolute Gasteiger partial charge is 0.195 e. The van der Waals surface area contributed by atoms with E-state index in [-0.39, 0.29) is 5.41 Å². The van der Waals surface area contributed by atoms with Crippen molar-refractivity contribution in [3.8, 4) is 16.3 Å². The zero-order valence-electron chi connectivity index (χ0n) is 19.5. The first-order chi connectivity index (χ1) is 17.1. The van der Waals surface area contributed by atoms with Crippen molar-refractivity contribution in [2.24, 2.45) is 0 Å². The Balaban J connectivity index is 1.59. The molecule has 166 valence electrons. The summed E-state index contributed by atoms with van der Waals surface area (Å²) in [6, 6.07) is 35.3. The number of hydrogen-bond donors (Lipinski definition) is 0. The van der Waals surface area contributed by atoms with E-state index in [1.165, 1.54) is 59.5 Å². The predicted octanol–water partition coefficient (Wildman–Crippen LogP) is 8.85. The average Bonchev–Trinajstić information content (AvgIpc) is 3.52. The van der Waals surface area contributed by atoms with Crippen LogP contribution in [0.4, 0.5) is 0 Å². The van der Waals surface area contributed by atoms with Gasteiger partial charge in [-0.05, 0) is 45.7 Å². The van der Waals surface area contributed by atoms with Crippen LogP contribution in [-0.4, -0.2) is 9.55 Å². The van der Waals surface area contributed by atoms with Gasteiger partial charge in [-0.25, -0.2) is 4.98 Å². The van der Waals surface area contributed by atoms with Crippen LogP contribution in [0.5, 0.6) is 0 Å². The average molecular weight is 467 g/mol. The van der Waals surface area contributed by atoms with Crippen LogP contribution in [-0.2, 0) is 5.41 Å². The molecule has 0 spiro atoms. The summed E-state index contributed by atoms with van der Waals surface area (Å²) in [5.74, 6) is 0. The first-order valence-corrected chi connectivity index (χ1v) is 12.9. The lowest BCUT2D eigenvalue weighted by Crippen LogP contribution is -2.15. The van der Waals surface area contributed by atoms with Crippen LogP contribution in [0.1, 0.15) is 25.0 Å². The molecule has 0 fully saturated rings. The summed E-state index contributed by atoms with van der Waals surface area (Å²) in [6.07, 6.45) is 0. The van der Waals surface area contributed by atoms with Gasteiger partial charge in [0.25, 0.3) is 0 Å². The second kappa shape index (κ2) is 6.59. The van der Waals surface area contributed by atoms with E-state index in [9.17, 15) is 0 Å². The van der Waals surface area contributed by atoms with E-state index < -0.39 is 0 Å². The van der Waals surface area contributed by atoms with Crippen LogP contribution in [0.3, 0.4) is 0 Å². The Morgan fingerprint density at radius 2 is 1.49 bits per heavy atom. The number of nitrogens with zero attached hydrogens (tertiary/aromatic N) is 2. The molecule has 0 saturated carbocycles. The fourth-order valence-corrected chi connectivity index (χ4v) is 7.28. The molecule has 0 N–H and O–H groups in total. The molecule has 7 aromatic rings. The maximum absolute atomic E-state index is 5.10. The Kier molecular flexibility index (Phi) is 3.64. The first-order valence-electron chi connectivity index (χ1n) is 12.1. The van der Waals surface area contributed by atoms with Crippen LogP contribution < -0.4 is 0 Å². The Bertz CT molecular complexity index is 1950. The zero-order valence-corrected chi connectivity index (χ0v) is 20.4. The Labute approximate surface area is 207 Å². The zero-order chi connectivity index (χ0) is 23.3. The van der Waals surface area contributed by atoms with Gasteiger partial charge in [0.2, 0.25) is 0 Å². The van der Waals surface area contributed by atoms with Crippen LogP contribution in [0.15, 0.2) is 97.1 Å². The lowest BCUT2D eigenvalue weighted by Gasteiger charge is -2.23. The summed E-state index contributed by atoms with van der Waals surface area (Å²) in [7, 11) is 0. The van der Waals surface area contributed by atoms with Crippen molar-refractivity contribution in [2.45, 2.75) is 19.3 Å². The third-order valence-corrected chi connectivity index (χ3v) is 8.83. The Morgan fingerprint density at radius 1 is 0.714 bits per heavy atom. The van der Waals surface area contributed by atoms with E-state index in [0.29, 0.717) is 0 Å². The number of fused-ring (bicyclic) bond motifs is 10. The van der Waals surface area contributed by atoms with E-state index in [1.807, 2.05) is 0 Å². The van der Waals surface area contributed by atoms with E-state index in [1.54, 1.807) is 11.3 Å². The van der Waals surface area contributed by atoms with Crippen molar-refractivity contribution in [3.63, 3.8) is 0 Å². The molecule has 1 aliphatic carbocycles. The molecule has 5 aromatic carbocycles. The molecular formula is C32H22N2S. The van der Waals surface area contributed by atoms with Gasteiger partial charge in [0.05, 0.1) is 21.3 Å². The van der Waals surface area contributed by atoms with Crippen molar-refractivity contribution in [1.29, 1.82) is 0 Å². The van der Waals surface area contributed by atoms with Gasteiger partial charge in [0.15, 0.2) is 5.13 Å². The summed E-state index contributed by atoms with van der Waals surface area (Å²) in [5, 5.41) is 6.24. The third-order valence-electron chi connectivity index (χ3n) is 7.81. The molecule has 2 heterocycles. The van der Waals surface area contributed by atoms with Gasteiger partial charge < -0.3 is 0 Å². The molecule has 35 heavy (non-hydrogen) atoms. The molecule has 3 heteroatoms. The molecule has 0 saturated heterocycles. The highest BCUT2D eigenvalue weighted by Crippen LogP contribution is 2.55. The molecule has 1 aliphatic rings. The first kappa shape index (κ1) is 19.4. The van der Waals surface area contributed by atoms with Gasteiger partial charge in [-0.2, -0.15) is 0 Å². The predicted molar refractivity (Wildman–Crippen MR) is 149 cm³/mol. The minimum absolute atomic E-state index is 0.0887. The van der Waals surface area contributed by atoms with Crippen molar-refractivity contribution < 1.29 is 0 Å². The van der Waals surface area contributed by atoms with Gasteiger partial charge in [-0.15, -0.1) is 0 Å². The number of aromatic nitrogens is 2. The topological polar surface area (TPSA) is 17.8 Å². The molecule has 0 unspecified atom stereocenters. The summed E-state index contributed by atoms with van der Waals surface area (Å²) < 4.78 is 3.63. The largest absolute Gasteiger partial charge is 0.285 e. The number of rotatable bonds is 1. The monoisotopic (exact) mass is 466 g/mol. The lowest BCUT2D eigenvalue weighted by atomic mass is 9.80. The maximum Gasteiger partial charge on any atom is 0.195 e. The number of benzene rings is 5. The SMILES string of the molecule is CC1(C)c2ccc3c4ccccc4n(-c4nc5ccccc5s4)c3c2-c2ccc3ccccc3c21. The van der Waals surface area contributed by atoms with Crippen molar-refractivity contribution in [1.82, 2.24) is 9.55 Å². The quantitative estimate of drug-likeness (QED) is 0.236. The molecule has 0 radical (unpaired) electrons. The van der Waals surface area contributed by atoms with Gasteiger partial charge in [-0.3, -0.25) is 4.57 Å². The Hall–Kier alpha value is -3.95. The molecule has 2 aromatic heterocycles. The molecule has 0 bridgehead atoms. The van der Waals surface area contributed by atoms with E-state index in [4.69, 9.17) is 4.98 Å². The standard InChI is InChI=1S/C32H22N2S/c1-32(2)24-18-17-22-21-11-5-7-13-26(21)34(31-33-25-12-6-8-14-27(25)35-31)30(22)28(24)23-16-15-19-9-3-4-10-20(19)29(23)32/h3-18H,1-2H3. The minimum atomic E-state index is -0.0887. The summed E-state index contributed by atoms with van der Waals surface area (Å²) in [5.41, 5.74) is 8.96. The van der Waals surface area contributed by atoms with E-state index >= 15 is 0 Å². The molecular weight excluding hydrogens is 444 g/mol. The van der Waals surface area contributed by atoms with Crippen LogP contribution in [0.2, 0.25) is 0 Å². The fraction of sp³-hybridized carbons (Fsp3) is 0.0938. The van der Waals surface area contributed by atoms with Crippen molar-refractivity contribution >= 4 is 54.1 Å². The van der Waals surface area contributed by atoms with Gasteiger partial charge in [-0.1, -0.05) is 104 Å². The molecule has 2 nitrogen and oxygen atoms in total. The van der Waals surface area contributed by atoms with E-state index in [2.05, 4.69) is 115 Å². The minimum Gasteiger partial charge on any atom is -0.285 e. The fourth-order valence-electron chi connectivity index (χ4n) is 6.29. The second-order valence-electron chi connectivity index (χ2n) is 10.0. The number of hydrogen-bond acceptors (Lipinski definition) is 2. The summed E-state index contributed by atoms with van der Waals surface area (Å²) >= 11 is 1.77. The molecule has 0 atom stereocenters. The highest BCUT2D eigenvalue weighted by molar-refractivity contribution is 7.20. The van der Waals surface area contributed by atoms with Gasteiger partial charge >= 0.3 is 0 Å². The van der Waals surface area contributed by atoms with Crippen LogP contribution in [0.25, 0.3) is 59.1 Å². The number of para-hydroxylation sites is 2. The normalized spacial score (nSPS) is 14.2. The van der Waals surface area contributed by atoms with Crippen molar-refractivity contribution in [3.05, 3.63) is 108 Å². The summed E-state index contributed by atoms with van der Waals surface area (Å²) in [4.78, 5) is 5.10. The second-order valence-corrected chi connectivity index (χ2v) is 11.0. The highest BCUT2D eigenvalue weighted by atomic mass is 32.1.